The highest BCUT2D eigenvalue weighted by atomic mass is 32.1. The van der Waals surface area contributed by atoms with E-state index in [0.29, 0.717) is 12.1 Å². The molecule has 0 amide bonds. The Hall–Kier alpha value is -0.610. The minimum Gasteiger partial charge on any atom is -0.345 e. The van der Waals surface area contributed by atoms with Crippen molar-refractivity contribution in [3.8, 4) is 0 Å². The second-order valence-corrected chi connectivity index (χ2v) is 8.23. The van der Waals surface area contributed by atoms with Gasteiger partial charge in [0, 0.05) is 36.0 Å². The molecule has 1 N–H and O–H groups in total. The predicted octanol–water partition coefficient (Wildman–Crippen LogP) is 4.14. The summed E-state index contributed by atoms with van der Waals surface area (Å²) >= 11 is 1.93. The van der Waals surface area contributed by atoms with E-state index >= 15 is 0 Å². The first kappa shape index (κ1) is 15.3. The molecular formula is C17H29N3S. The summed E-state index contributed by atoms with van der Waals surface area (Å²) in [5.74, 6) is 1.53. The molecule has 118 valence electrons. The topological polar surface area (TPSA) is 28.2 Å². The summed E-state index contributed by atoms with van der Waals surface area (Å²) in [7, 11) is 0. The van der Waals surface area contributed by atoms with Crippen LogP contribution in [0.5, 0.6) is 0 Å². The molecule has 1 aromatic heterocycles. The van der Waals surface area contributed by atoms with Gasteiger partial charge in [-0.2, -0.15) is 0 Å². The molecular weight excluding hydrogens is 278 g/mol. The van der Waals surface area contributed by atoms with Gasteiger partial charge in [-0.3, -0.25) is 0 Å². The maximum Gasteiger partial charge on any atom is 0.186 e. The number of anilines is 1. The van der Waals surface area contributed by atoms with Crippen LogP contribution in [0, 0.1) is 5.92 Å². The van der Waals surface area contributed by atoms with Crippen molar-refractivity contribution in [2.45, 2.75) is 77.9 Å². The van der Waals surface area contributed by atoms with Crippen LogP contribution in [0.15, 0.2) is 0 Å². The number of nitrogens with zero attached hydrogens (tertiary/aromatic N) is 2. The molecule has 1 aliphatic heterocycles. The minimum absolute atomic E-state index is 0.538. The number of hydrogen-bond acceptors (Lipinski definition) is 4. The van der Waals surface area contributed by atoms with Crippen LogP contribution in [-0.2, 0) is 6.54 Å². The molecule has 3 rings (SSSR count). The molecule has 2 atom stereocenters. The highest BCUT2D eigenvalue weighted by Gasteiger charge is 2.32. The smallest absolute Gasteiger partial charge is 0.186 e. The summed E-state index contributed by atoms with van der Waals surface area (Å²) in [6.07, 6.45) is 5.34. The molecule has 2 fully saturated rings. The minimum atomic E-state index is 0.538. The molecule has 3 nitrogen and oxygen atoms in total. The molecule has 2 unspecified atom stereocenters. The average Bonchev–Trinajstić information content (AvgIpc) is 3.20. The van der Waals surface area contributed by atoms with Gasteiger partial charge in [0.05, 0.1) is 5.69 Å². The fraction of sp³-hybridized carbons (Fsp3) is 0.824. The van der Waals surface area contributed by atoms with Crippen LogP contribution in [0.3, 0.4) is 0 Å². The lowest BCUT2D eigenvalue weighted by molar-refractivity contribution is 0.363. The summed E-state index contributed by atoms with van der Waals surface area (Å²) < 4.78 is 0. The molecule has 0 bridgehead atoms. The van der Waals surface area contributed by atoms with E-state index < -0.39 is 0 Å². The molecule has 1 saturated heterocycles. The molecule has 2 heterocycles. The highest BCUT2D eigenvalue weighted by molar-refractivity contribution is 7.15. The van der Waals surface area contributed by atoms with E-state index in [0.717, 1.165) is 18.4 Å². The first-order valence-corrected chi connectivity index (χ1v) is 9.37. The van der Waals surface area contributed by atoms with Crippen LogP contribution in [0.25, 0.3) is 0 Å². The Morgan fingerprint density at radius 3 is 2.71 bits per heavy atom. The Bertz CT molecular complexity index is 478. The zero-order chi connectivity index (χ0) is 15.0. The van der Waals surface area contributed by atoms with Crippen LogP contribution >= 0.6 is 11.3 Å². The van der Waals surface area contributed by atoms with E-state index in [9.17, 15) is 0 Å². The zero-order valence-corrected chi connectivity index (χ0v) is 14.7. The third-order valence-corrected chi connectivity index (χ3v) is 6.08. The molecule has 0 spiro atoms. The number of nitrogens with one attached hydrogen (secondary N) is 1. The van der Waals surface area contributed by atoms with Crippen molar-refractivity contribution >= 4 is 16.5 Å². The predicted molar refractivity (Wildman–Crippen MR) is 91.3 cm³/mol. The van der Waals surface area contributed by atoms with Crippen molar-refractivity contribution in [3.05, 3.63) is 10.6 Å². The normalized spacial score (nSPS) is 26.6. The Labute approximate surface area is 133 Å². The van der Waals surface area contributed by atoms with Crippen LogP contribution in [0.2, 0.25) is 0 Å². The van der Waals surface area contributed by atoms with Gasteiger partial charge < -0.3 is 10.2 Å². The van der Waals surface area contributed by atoms with Crippen LogP contribution in [-0.4, -0.2) is 23.6 Å². The fourth-order valence-corrected chi connectivity index (χ4v) is 4.39. The molecule has 1 aromatic rings. The lowest BCUT2D eigenvalue weighted by Gasteiger charge is -2.37. The second kappa shape index (κ2) is 6.25. The van der Waals surface area contributed by atoms with Gasteiger partial charge in [-0.25, -0.2) is 4.98 Å². The quantitative estimate of drug-likeness (QED) is 0.886. The van der Waals surface area contributed by atoms with Crippen LogP contribution in [0.4, 0.5) is 5.13 Å². The maximum absolute atomic E-state index is 5.06. The van der Waals surface area contributed by atoms with Gasteiger partial charge in [0.25, 0.3) is 0 Å². The van der Waals surface area contributed by atoms with E-state index in [1.807, 2.05) is 11.3 Å². The first-order valence-electron chi connectivity index (χ1n) is 8.56. The standard InChI is InChI=1S/C17H29N3S/c1-11(2)18-10-15-16(14-7-8-14)19-17(21-15)20-9-5-6-12(3)13(20)4/h11-14,18H,5-10H2,1-4H3. The first-order chi connectivity index (χ1) is 10.1. The van der Waals surface area contributed by atoms with E-state index in [2.05, 4.69) is 37.9 Å². The number of rotatable bonds is 5. The van der Waals surface area contributed by atoms with Gasteiger partial charge in [0.1, 0.15) is 0 Å². The van der Waals surface area contributed by atoms with E-state index in [-0.39, 0.29) is 0 Å². The SMILES string of the molecule is CC(C)NCc1sc(N2CCCC(C)C2C)nc1C1CC1. The number of aromatic nitrogens is 1. The largest absolute Gasteiger partial charge is 0.345 e. The molecule has 2 aliphatic rings. The molecule has 21 heavy (non-hydrogen) atoms. The molecule has 1 saturated carbocycles. The Balaban J connectivity index is 1.80. The Morgan fingerprint density at radius 2 is 2.05 bits per heavy atom. The van der Waals surface area contributed by atoms with Gasteiger partial charge in [0.15, 0.2) is 5.13 Å². The third-order valence-electron chi connectivity index (χ3n) is 4.97. The molecule has 0 radical (unpaired) electrons. The lowest BCUT2D eigenvalue weighted by Crippen LogP contribution is -2.42. The summed E-state index contributed by atoms with van der Waals surface area (Å²) in [5, 5.41) is 4.85. The maximum atomic E-state index is 5.06. The third kappa shape index (κ3) is 3.42. The van der Waals surface area contributed by atoms with E-state index in [1.54, 1.807) is 0 Å². The highest BCUT2D eigenvalue weighted by Crippen LogP contribution is 2.45. The van der Waals surface area contributed by atoms with Gasteiger partial charge in [0.2, 0.25) is 0 Å². The summed E-state index contributed by atoms with van der Waals surface area (Å²) in [5.41, 5.74) is 1.40. The van der Waals surface area contributed by atoms with Crippen LogP contribution < -0.4 is 10.2 Å². The Kier molecular flexibility index (Phi) is 4.55. The van der Waals surface area contributed by atoms with Gasteiger partial charge in [-0.15, -0.1) is 11.3 Å². The van der Waals surface area contributed by atoms with Crippen molar-refractivity contribution in [2.24, 2.45) is 5.92 Å². The van der Waals surface area contributed by atoms with Crippen LogP contribution in [0.1, 0.15) is 69.9 Å². The van der Waals surface area contributed by atoms with Crippen molar-refractivity contribution in [3.63, 3.8) is 0 Å². The van der Waals surface area contributed by atoms with E-state index in [4.69, 9.17) is 4.98 Å². The summed E-state index contributed by atoms with van der Waals surface area (Å²) in [4.78, 5) is 9.10. The van der Waals surface area contributed by atoms with Gasteiger partial charge in [-0.05, 0) is 38.5 Å². The van der Waals surface area contributed by atoms with Crippen molar-refractivity contribution in [1.82, 2.24) is 10.3 Å². The second-order valence-electron chi connectivity index (χ2n) is 7.17. The molecule has 0 aromatic carbocycles. The van der Waals surface area contributed by atoms with Gasteiger partial charge >= 0.3 is 0 Å². The molecule has 4 heteroatoms. The zero-order valence-electron chi connectivity index (χ0n) is 13.9. The lowest BCUT2D eigenvalue weighted by atomic mass is 9.93. The number of thiazole rings is 1. The van der Waals surface area contributed by atoms with Crippen molar-refractivity contribution in [1.29, 1.82) is 0 Å². The van der Waals surface area contributed by atoms with Crippen molar-refractivity contribution < 1.29 is 0 Å². The van der Waals surface area contributed by atoms with Gasteiger partial charge in [-0.1, -0.05) is 20.8 Å². The number of hydrogen-bond donors (Lipinski definition) is 1. The average molecular weight is 308 g/mol. The summed E-state index contributed by atoms with van der Waals surface area (Å²) in [6, 6.07) is 1.17. The summed E-state index contributed by atoms with van der Waals surface area (Å²) in [6.45, 7) is 11.3. The monoisotopic (exact) mass is 307 g/mol. The van der Waals surface area contributed by atoms with Crippen molar-refractivity contribution in [2.75, 3.05) is 11.4 Å². The number of piperidine rings is 1. The Morgan fingerprint density at radius 1 is 1.29 bits per heavy atom. The van der Waals surface area contributed by atoms with E-state index in [1.165, 1.54) is 47.9 Å². The fourth-order valence-electron chi connectivity index (χ4n) is 3.18. The molecule has 1 aliphatic carbocycles.